The molecular weight excluding hydrogens is 653 g/mol. The fraction of sp³-hybridized carbons (Fsp3) is 0.297. The molecule has 0 aliphatic heterocycles. The smallest absolute Gasteiger partial charge is 0.264 e. The lowest BCUT2D eigenvalue weighted by Gasteiger charge is -2.35. The van der Waals surface area contributed by atoms with Gasteiger partial charge in [0.05, 0.1) is 10.6 Å². The summed E-state index contributed by atoms with van der Waals surface area (Å²) >= 11 is 12.8. The molecule has 4 aromatic rings. The molecule has 0 saturated heterocycles. The standard InChI is InChI=1S/C37H39Cl2N3O4S/c1-26-17-18-27(2)34(21-26)42(47(45,46)32-15-7-4-8-16-32)25-36(43)41(24-29-19-20-30(38)23-33(29)39)35(22-28-11-5-3-6-12-28)37(44)40-31-13-9-10-14-31/h3-8,11-12,15-21,23,31,35H,9-10,13-14,22,24-25H2,1-2H3,(H,40,44). The fourth-order valence-electron chi connectivity index (χ4n) is 5.98. The van der Waals surface area contributed by atoms with Gasteiger partial charge in [-0.3, -0.25) is 13.9 Å². The molecule has 1 fully saturated rings. The number of sulfonamides is 1. The normalized spacial score (nSPS) is 14.0. The molecule has 0 radical (unpaired) electrons. The second kappa shape index (κ2) is 15.4. The molecular formula is C37H39Cl2N3O4S. The Morgan fingerprint density at radius 1 is 0.872 bits per heavy atom. The van der Waals surface area contributed by atoms with E-state index in [1.165, 1.54) is 17.0 Å². The number of nitrogens with one attached hydrogen (secondary N) is 1. The molecule has 1 aliphatic rings. The minimum Gasteiger partial charge on any atom is -0.352 e. The number of hydrogen-bond donors (Lipinski definition) is 1. The van der Waals surface area contributed by atoms with E-state index in [4.69, 9.17) is 23.2 Å². The molecule has 10 heteroatoms. The third-order valence-electron chi connectivity index (χ3n) is 8.57. The van der Waals surface area contributed by atoms with Crippen molar-refractivity contribution in [2.45, 2.75) is 69.5 Å². The van der Waals surface area contributed by atoms with Gasteiger partial charge in [-0.05, 0) is 79.3 Å². The van der Waals surface area contributed by atoms with Gasteiger partial charge in [-0.15, -0.1) is 0 Å². The number of halogens is 2. The maximum atomic E-state index is 14.7. The summed E-state index contributed by atoms with van der Waals surface area (Å²) in [7, 11) is -4.19. The van der Waals surface area contributed by atoms with Crippen LogP contribution in [-0.4, -0.2) is 43.8 Å². The van der Waals surface area contributed by atoms with E-state index in [9.17, 15) is 18.0 Å². The molecule has 1 N–H and O–H groups in total. The number of benzene rings is 4. The topological polar surface area (TPSA) is 86.8 Å². The molecule has 7 nitrogen and oxygen atoms in total. The highest BCUT2D eigenvalue weighted by Gasteiger charge is 2.36. The Kier molecular flexibility index (Phi) is 11.3. The van der Waals surface area contributed by atoms with Crippen molar-refractivity contribution in [1.82, 2.24) is 10.2 Å². The predicted molar refractivity (Wildman–Crippen MR) is 188 cm³/mol. The summed E-state index contributed by atoms with van der Waals surface area (Å²) in [5.74, 6) is -0.831. The van der Waals surface area contributed by atoms with E-state index in [0.717, 1.165) is 41.1 Å². The number of nitrogens with zero attached hydrogens (tertiary/aromatic N) is 2. The fourth-order valence-corrected chi connectivity index (χ4v) is 7.94. The average Bonchev–Trinajstić information content (AvgIpc) is 3.57. The van der Waals surface area contributed by atoms with Gasteiger partial charge < -0.3 is 10.2 Å². The van der Waals surface area contributed by atoms with Gasteiger partial charge in [-0.2, -0.15) is 0 Å². The quantitative estimate of drug-likeness (QED) is 0.167. The highest BCUT2D eigenvalue weighted by Crippen LogP contribution is 2.30. The SMILES string of the molecule is Cc1ccc(C)c(N(CC(=O)N(Cc2ccc(Cl)cc2Cl)C(Cc2ccccc2)C(=O)NC2CCCC2)S(=O)(=O)c2ccccc2)c1. The van der Waals surface area contributed by atoms with E-state index in [2.05, 4.69) is 5.32 Å². The first-order valence-corrected chi connectivity index (χ1v) is 18.0. The molecule has 0 bridgehead atoms. The van der Waals surface area contributed by atoms with Crippen molar-refractivity contribution in [3.8, 4) is 0 Å². The van der Waals surface area contributed by atoms with Gasteiger partial charge in [-0.1, -0.05) is 103 Å². The van der Waals surface area contributed by atoms with Gasteiger partial charge in [-0.25, -0.2) is 8.42 Å². The molecule has 0 aromatic heterocycles. The number of anilines is 1. The zero-order valence-electron chi connectivity index (χ0n) is 26.5. The first-order chi connectivity index (χ1) is 22.5. The van der Waals surface area contributed by atoms with Crippen molar-refractivity contribution in [2.75, 3.05) is 10.8 Å². The Morgan fingerprint density at radius 2 is 1.53 bits per heavy atom. The average molecular weight is 693 g/mol. The minimum absolute atomic E-state index is 0.0155. The van der Waals surface area contributed by atoms with E-state index in [1.54, 1.807) is 42.5 Å². The monoisotopic (exact) mass is 691 g/mol. The number of amides is 2. The van der Waals surface area contributed by atoms with Crippen LogP contribution in [0.1, 0.15) is 47.9 Å². The molecule has 5 rings (SSSR count). The van der Waals surface area contributed by atoms with Crippen LogP contribution in [0.4, 0.5) is 5.69 Å². The lowest BCUT2D eigenvalue weighted by atomic mass is 10.0. The first-order valence-electron chi connectivity index (χ1n) is 15.8. The van der Waals surface area contributed by atoms with Crippen LogP contribution in [-0.2, 0) is 32.6 Å². The van der Waals surface area contributed by atoms with E-state index in [-0.39, 0.29) is 29.8 Å². The zero-order chi connectivity index (χ0) is 33.6. The number of aryl methyl sites for hydroxylation is 2. The Balaban J connectivity index is 1.60. The van der Waals surface area contributed by atoms with Crippen LogP contribution in [0.15, 0.2) is 102 Å². The van der Waals surface area contributed by atoms with Crippen molar-refractivity contribution in [3.63, 3.8) is 0 Å². The molecule has 2 amide bonds. The summed E-state index contributed by atoms with van der Waals surface area (Å²) in [6, 6.07) is 27.1. The number of carbonyl (C=O) groups excluding carboxylic acids is 2. The first kappa shape index (κ1) is 34.5. The highest BCUT2D eigenvalue weighted by molar-refractivity contribution is 7.92. The van der Waals surface area contributed by atoms with Crippen LogP contribution in [0.3, 0.4) is 0 Å². The van der Waals surface area contributed by atoms with E-state index >= 15 is 0 Å². The van der Waals surface area contributed by atoms with Crippen molar-refractivity contribution in [2.24, 2.45) is 0 Å². The molecule has 1 aliphatic carbocycles. The van der Waals surface area contributed by atoms with Crippen LogP contribution in [0.25, 0.3) is 0 Å². The summed E-state index contributed by atoms with van der Waals surface area (Å²) in [5.41, 5.74) is 3.37. The van der Waals surface area contributed by atoms with Gasteiger partial charge >= 0.3 is 0 Å². The minimum atomic E-state index is -4.19. The van der Waals surface area contributed by atoms with Crippen LogP contribution < -0.4 is 9.62 Å². The second-order valence-electron chi connectivity index (χ2n) is 12.1. The van der Waals surface area contributed by atoms with E-state index < -0.39 is 28.5 Å². The van der Waals surface area contributed by atoms with Crippen LogP contribution in [0, 0.1) is 13.8 Å². The molecule has 47 heavy (non-hydrogen) atoms. The summed E-state index contributed by atoms with van der Waals surface area (Å²) in [6.07, 6.45) is 4.02. The number of hydrogen-bond acceptors (Lipinski definition) is 4. The van der Waals surface area contributed by atoms with Crippen LogP contribution in [0.2, 0.25) is 10.0 Å². The molecule has 1 atom stereocenters. The van der Waals surface area contributed by atoms with Crippen LogP contribution >= 0.6 is 23.2 Å². The Hall–Kier alpha value is -3.85. The van der Waals surface area contributed by atoms with E-state index in [1.807, 2.05) is 56.3 Å². The lowest BCUT2D eigenvalue weighted by Crippen LogP contribution is -2.54. The molecule has 1 saturated carbocycles. The molecule has 0 spiro atoms. The second-order valence-corrected chi connectivity index (χ2v) is 14.8. The summed E-state index contributed by atoms with van der Waals surface area (Å²) in [4.78, 5) is 30.4. The van der Waals surface area contributed by atoms with Crippen molar-refractivity contribution >= 4 is 50.7 Å². The highest BCUT2D eigenvalue weighted by atomic mass is 35.5. The summed E-state index contributed by atoms with van der Waals surface area (Å²) in [5, 5.41) is 3.96. The lowest BCUT2D eigenvalue weighted by molar-refractivity contribution is -0.140. The Bertz CT molecular complexity index is 1810. The van der Waals surface area contributed by atoms with Crippen molar-refractivity contribution in [3.05, 3.63) is 129 Å². The molecule has 246 valence electrons. The van der Waals surface area contributed by atoms with Crippen molar-refractivity contribution < 1.29 is 18.0 Å². The zero-order valence-corrected chi connectivity index (χ0v) is 28.9. The van der Waals surface area contributed by atoms with E-state index in [0.29, 0.717) is 26.9 Å². The Labute approximate surface area is 287 Å². The number of rotatable bonds is 12. The third kappa shape index (κ3) is 8.55. The van der Waals surface area contributed by atoms with Gasteiger partial charge in [0.1, 0.15) is 12.6 Å². The van der Waals surface area contributed by atoms with Gasteiger partial charge in [0.2, 0.25) is 11.8 Å². The maximum absolute atomic E-state index is 14.7. The summed E-state index contributed by atoms with van der Waals surface area (Å²) in [6.45, 7) is 3.12. The predicted octanol–water partition coefficient (Wildman–Crippen LogP) is 7.50. The van der Waals surface area contributed by atoms with Crippen LogP contribution in [0.5, 0.6) is 0 Å². The largest absolute Gasteiger partial charge is 0.352 e. The number of carbonyl (C=O) groups is 2. The molecule has 0 heterocycles. The Morgan fingerprint density at radius 3 is 2.19 bits per heavy atom. The summed E-state index contributed by atoms with van der Waals surface area (Å²) < 4.78 is 29.7. The molecule has 1 unspecified atom stereocenters. The maximum Gasteiger partial charge on any atom is 0.264 e. The molecule has 4 aromatic carbocycles. The van der Waals surface area contributed by atoms with Crippen molar-refractivity contribution in [1.29, 1.82) is 0 Å². The van der Waals surface area contributed by atoms with Gasteiger partial charge in [0, 0.05) is 29.1 Å². The van der Waals surface area contributed by atoms with Gasteiger partial charge in [0.15, 0.2) is 0 Å². The third-order valence-corrected chi connectivity index (χ3v) is 10.9. The van der Waals surface area contributed by atoms with Gasteiger partial charge in [0.25, 0.3) is 10.0 Å².